The van der Waals surface area contributed by atoms with Crippen LogP contribution < -0.4 is 0 Å². The minimum atomic E-state index is -0.823. The molecule has 0 unspecified atom stereocenters. The van der Waals surface area contributed by atoms with Crippen LogP contribution in [0.1, 0.15) is 16.7 Å². The monoisotopic (exact) mass is 283 g/mol. The van der Waals surface area contributed by atoms with E-state index in [1.165, 1.54) is 16.0 Å². The van der Waals surface area contributed by atoms with Crippen molar-refractivity contribution < 1.29 is 9.90 Å². The van der Waals surface area contributed by atoms with E-state index in [1.807, 2.05) is 0 Å². The quantitative estimate of drug-likeness (QED) is 0.848. The third-order valence-corrected chi connectivity index (χ3v) is 3.33. The molecule has 3 nitrogen and oxygen atoms in total. The summed E-state index contributed by atoms with van der Waals surface area (Å²) >= 11 is 3.41. The second kappa shape index (κ2) is 4.87. The lowest BCUT2D eigenvalue weighted by molar-refractivity contribution is 0.140. The lowest BCUT2D eigenvalue weighted by Crippen LogP contribution is -2.34. The zero-order valence-corrected chi connectivity index (χ0v) is 10.5. The van der Waals surface area contributed by atoms with Crippen molar-refractivity contribution in [3.05, 3.63) is 34.9 Å². The second-order valence-corrected chi connectivity index (χ2v) is 4.79. The molecule has 0 saturated carbocycles. The van der Waals surface area contributed by atoms with Crippen LogP contribution in [0.2, 0.25) is 0 Å². The Labute approximate surface area is 103 Å². The van der Waals surface area contributed by atoms with Gasteiger partial charge in [-0.25, -0.2) is 4.79 Å². The molecule has 0 aromatic heterocycles. The fourth-order valence-corrected chi connectivity index (χ4v) is 2.50. The number of hydrogen-bond donors (Lipinski definition) is 1. The van der Waals surface area contributed by atoms with Crippen molar-refractivity contribution in [3.63, 3.8) is 0 Å². The number of hydrogen-bond acceptors (Lipinski definition) is 1. The molecule has 1 aliphatic heterocycles. The van der Waals surface area contributed by atoms with Crippen molar-refractivity contribution in [2.24, 2.45) is 0 Å². The molecular formula is C12H14BrNO2. The van der Waals surface area contributed by atoms with E-state index >= 15 is 0 Å². The van der Waals surface area contributed by atoms with E-state index in [-0.39, 0.29) is 0 Å². The minimum absolute atomic E-state index is 0.529. The van der Waals surface area contributed by atoms with Gasteiger partial charge in [-0.1, -0.05) is 34.1 Å². The molecule has 0 bridgehead atoms. The largest absolute Gasteiger partial charge is 0.465 e. The first kappa shape index (κ1) is 11.5. The van der Waals surface area contributed by atoms with E-state index in [9.17, 15) is 4.79 Å². The number of carbonyl (C=O) groups is 1. The summed E-state index contributed by atoms with van der Waals surface area (Å²) in [6, 6.07) is 6.40. The zero-order valence-electron chi connectivity index (χ0n) is 8.95. The lowest BCUT2D eigenvalue weighted by Gasteiger charge is -2.26. The topological polar surface area (TPSA) is 40.5 Å². The molecule has 0 saturated heterocycles. The maximum atomic E-state index is 10.9. The summed E-state index contributed by atoms with van der Waals surface area (Å²) in [5, 5.41) is 9.89. The Morgan fingerprint density at radius 1 is 1.44 bits per heavy atom. The Bertz CT molecular complexity index is 406. The molecule has 86 valence electrons. The van der Waals surface area contributed by atoms with Gasteiger partial charge >= 0.3 is 6.09 Å². The third-order valence-electron chi connectivity index (χ3n) is 2.94. The van der Waals surface area contributed by atoms with E-state index in [0.717, 1.165) is 23.7 Å². The molecule has 0 fully saturated rings. The van der Waals surface area contributed by atoms with Crippen molar-refractivity contribution in [3.8, 4) is 0 Å². The number of rotatable bonds is 2. The Morgan fingerprint density at radius 2 is 2.25 bits per heavy atom. The lowest BCUT2D eigenvalue weighted by atomic mass is 9.97. The van der Waals surface area contributed by atoms with Crippen LogP contribution in [0.5, 0.6) is 0 Å². The van der Waals surface area contributed by atoms with Gasteiger partial charge in [0.15, 0.2) is 0 Å². The minimum Gasteiger partial charge on any atom is -0.465 e. The molecule has 0 spiro atoms. The van der Waals surface area contributed by atoms with E-state index < -0.39 is 6.09 Å². The van der Waals surface area contributed by atoms with E-state index in [4.69, 9.17) is 5.11 Å². The van der Waals surface area contributed by atoms with Gasteiger partial charge in [-0.2, -0.15) is 0 Å². The van der Waals surface area contributed by atoms with Gasteiger partial charge in [0.2, 0.25) is 0 Å². The Kier molecular flexibility index (Phi) is 3.49. The number of aryl methyl sites for hydroxylation is 1. The highest BCUT2D eigenvalue weighted by atomic mass is 79.9. The average molecular weight is 284 g/mol. The first-order chi connectivity index (χ1) is 7.70. The zero-order chi connectivity index (χ0) is 11.5. The van der Waals surface area contributed by atoms with Crippen LogP contribution in [0.25, 0.3) is 0 Å². The summed E-state index contributed by atoms with van der Waals surface area (Å²) in [7, 11) is 0. The fraction of sp³-hybridized carbons (Fsp3) is 0.417. The van der Waals surface area contributed by atoms with Crippen molar-refractivity contribution in [2.75, 3.05) is 11.9 Å². The van der Waals surface area contributed by atoms with Crippen molar-refractivity contribution >= 4 is 22.0 Å². The normalized spacial score (nSPS) is 14.7. The highest BCUT2D eigenvalue weighted by molar-refractivity contribution is 9.09. The Hall–Kier alpha value is -1.03. The molecule has 1 aliphatic rings. The summed E-state index contributed by atoms with van der Waals surface area (Å²) in [6.07, 6.45) is 0.993. The van der Waals surface area contributed by atoms with Gasteiger partial charge in [0.25, 0.3) is 0 Å². The van der Waals surface area contributed by atoms with E-state index in [0.29, 0.717) is 13.1 Å². The third kappa shape index (κ3) is 2.38. The first-order valence-corrected chi connectivity index (χ1v) is 6.47. The van der Waals surface area contributed by atoms with Gasteiger partial charge in [0, 0.05) is 18.4 Å². The molecule has 4 heteroatoms. The predicted octanol–water partition coefficient (Wildman–Crippen LogP) is 2.66. The summed E-state index contributed by atoms with van der Waals surface area (Å²) in [5.41, 5.74) is 3.71. The van der Waals surface area contributed by atoms with Gasteiger partial charge in [-0.15, -0.1) is 0 Å². The Morgan fingerprint density at radius 3 is 2.94 bits per heavy atom. The van der Waals surface area contributed by atoms with Crippen LogP contribution in [0, 0.1) is 0 Å². The summed E-state index contributed by atoms with van der Waals surface area (Å²) in [4.78, 5) is 12.4. The molecule has 1 heterocycles. The number of alkyl halides is 1. The van der Waals surface area contributed by atoms with Crippen LogP contribution in [-0.4, -0.2) is 28.0 Å². The number of amides is 1. The number of nitrogens with zero attached hydrogens (tertiary/aromatic N) is 1. The number of halogens is 1. The number of fused-ring (bicyclic) bond motifs is 1. The van der Waals surface area contributed by atoms with Crippen LogP contribution >= 0.6 is 15.9 Å². The average Bonchev–Trinajstić information content (AvgIpc) is 2.28. The molecule has 0 aliphatic carbocycles. The highest BCUT2D eigenvalue weighted by Crippen LogP contribution is 2.20. The SMILES string of the molecule is O=C(O)N1CCc2ccc(CCBr)cc2C1. The Balaban J connectivity index is 2.21. The van der Waals surface area contributed by atoms with Crippen molar-refractivity contribution in [1.82, 2.24) is 4.90 Å². The molecular weight excluding hydrogens is 270 g/mol. The van der Waals surface area contributed by atoms with Crippen molar-refractivity contribution in [1.29, 1.82) is 0 Å². The van der Waals surface area contributed by atoms with Gasteiger partial charge < -0.3 is 10.0 Å². The maximum absolute atomic E-state index is 10.9. The summed E-state index contributed by atoms with van der Waals surface area (Å²) in [6.45, 7) is 1.14. The maximum Gasteiger partial charge on any atom is 0.407 e. The van der Waals surface area contributed by atoms with Crippen LogP contribution in [0.4, 0.5) is 4.79 Å². The molecule has 1 amide bonds. The number of carboxylic acid groups (broad SMARTS) is 1. The van der Waals surface area contributed by atoms with Gasteiger partial charge in [0.05, 0.1) is 0 Å². The first-order valence-electron chi connectivity index (χ1n) is 5.35. The molecule has 0 radical (unpaired) electrons. The molecule has 16 heavy (non-hydrogen) atoms. The molecule has 1 aromatic rings. The van der Waals surface area contributed by atoms with Gasteiger partial charge in [-0.3, -0.25) is 0 Å². The standard InChI is InChI=1S/C12H14BrNO2/c13-5-3-9-1-2-10-4-6-14(12(15)16)8-11(10)7-9/h1-2,7H,3-6,8H2,(H,15,16). The number of benzene rings is 1. The fourth-order valence-electron chi connectivity index (χ4n) is 2.04. The predicted molar refractivity (Wildman–Crippen MR) is 66.1 cm³/mol. The highest BCUT2D eigenvalue weighted by Gasteiger charge is 2.19. The van der Waals surface area contributed by atoms with Gasteiger partial charge in [-0.05, 0) is 29.5 Å². The molecule has 1 aromatic carbocycles. The van der Waals surface area contributed by atoms with Crippen molar-refractivity contribution in [2.45, 2.75) is 19.4 Å². The summed E-state index contributed by atoms with van der Waals surface area (Å²) < 4.78 is 0. The molecule has 2 rings (SSSR count). The van der Waals surface area contributed by atoms with E-state index in [2.05, 4.69) is 34.1 Å². The van der Waals surface area contributed by atoms with Crippen LogP contribution in [-0.2, 0) is 19.4 Å². The van der Waals surface area contributed by atoms with Gasteiger partial charge in [0.1, 0.15) is 0 Å². The smallest absolute Gasteiger partial charge is 0.407 e. The van der Waals surface area contributed by atoms with E-state index in [1.54, 1.807) is 0 Å². The molecule has 0 atom stereocenters. The summed E-state index contributed by atoms with van der Waals surface area (Å²) in [5.74, 6) is 0. The van der Waals surface area contributed by atoms with Crippen LogP contribution in [0.15, 0.2) is 18.2 Å². The second-order valence-electron chi connectivity index (χ2n) is 4.00. The van der Waals surface area contributed by atoms with Crippen LogP contribution in [0.3, 0.4) is 0 Å². The molecule has 1 N–H and O–H groups in total.